The molecule has 1 aromatic rings. The fraction of sp³-hybridized carbons (Fsp3) is 0.467. The Hall–Kier alpha value is -1.16. The van der Waals surface area contributed by atoms with Crippen LogP contribution in [0, 0.1) is 11.8 Å². The van der Waals surface area contributed by atoms with E-state index >= 15 is 0 Å². The molecule has 0 aliphatic heterocycles. The van der Waals surface area contributed by atoms with Gasteiger partial charge < -0.3 is 5.11 Å². The lowest BCUT2D eigenvalue weighted by Crippen LogP contribution is -2.24. The highest BCUT2D eigenvalue weighted by Crippen LogP contribution is 2.32. The van der Waals surface area contributed by atoms with Crippen molar-refractivity contribution in [3.05, 3.63) is 34.3 Å². The van der Waals surface area contributed by atoms with Gasteiger partial charge in [-0.15, -0.1) is 0 Å². The van der Waals surface area contributed by atoms with E-state index in [-0.39, 0.29) is 17.6 Å². The molecular weight excluding hydrogens is 308 g/mol. The zero-order chi connectivity index (χ0) is 13.8. The van der Waals surface area contributed by atoms with Crippen LogP contribution in [0.15, 0.2) is 28.7 Å². The summed E-state index contributed by atoms with van der Waals surface area (Å²) in [4.78, 5) is 23.2. The summed E-state index contributed by atoms with van der Waals surface area (Å²) < 4.78 is 0.894. The van der Waals surface area contributed by atoms with E-state index in [9.17, 15) is 9.59 Å². The zero-order valence-electron chi connectivity index (χ0n) is 10.6. The maximum absolute atomic E-state index is 12.2. The summed E-state index contributed by atoms with van der Waals surface area (Å²) >= 11 is 3.35. The first-order chi connectivity index (χ1) is 9.06. The van der Waals surface area contributed by atoms with Crippen LogP contribution in [-0.2, 0) is 4.79 Å². The standard InChI is InChI=1S/C15H17BrO3/c16-13-6-2-4-11(9-13)14(17)8-10-3-1-5-12(7-10)15(18)19/h2,4,6,9-10,12H,1,3,5,7-8H2,(H,18,19)/t10-,12+/m1/s1. The number of hydrogen-bond acceptors (Lipinski definition) is 2. The normalized spacial score (nSPS) is 23.0. The van der Waals surface area contributed by atoms with Crippen molar-refractivity contribution >= 4 is 27.7 Å². The van der Waals surface area contributed by atoms with Gasteiger partial charge in [0.25, 0.3) is 0 Å². The highest BCUT2D eigenvalue weighted by molar-refractivity contribution is 9.10. The molecule has 0 radical (unpaired) electrons. The van der Waals surface area contributed by atoms with Crippen molar-refractivity contribution in [1.82, 2.24) is 0 Å². The molecule has 0 heterocycles. The van der Waals surface area contributed by atoms with Gasteiger partial charge in [-0.25, -0.2) is 0 Å². The highest BCUT2D eigenvalue weighted by atomic mass is 79.9. The number of Topliss-reactive ketones (excluding diaryl/α,β-unsaturated/α-hetero) is 1. The first kappa shape index (κ1) is 14.3. The molecule has 0 aromatic heterocycles. The summed E-state index contributed by atoms with van der Waals surface area (Å²) in [5, 5.41) is 9.05. The van der Waals surface area contributed by atoms with Crippen LogP contribution in [0.1, 0.15) is 42.5 Å². The zero-order valence-corrected chi connectivity index (χ0v) is 12.2. The number of halogens is 1. The van der Waals surface area contributed by atoms with Crippen molar-refractivity contribution in [2.45, 2.75) is 32.1 Å². The van der Waals surface area contributed by atoms with E-state index in [1.165, 1.54) is 0 Å². The minimum Gasteiger partial charge on any atom is -0.481 e. The third-order valence-electron chi connectivity index (χ3n) is 3.75. The second-order valence-corrected chi connectivity index (χ2v) is 6.12. The third kappa shape index (κ3) is 3.90. The Kier molecular flexibility index (Phi) is 4.75. The lowest BCUT2D eigenvalue weighted by molar-refractivity contribution is -0.143. The molecule has 1 N–H and O–H groups in total. The maximum Gasteiger partial charge on any atom is 0.306 e. The Bertz CT molecular complexity index is 484. The first-order valence-corrected chi connectivity index (χ1v) is 7.37. The topological polar surface area (TPSA) is 54.4 Å². The van der Waals surface area contributed by atoms with Crippen LogP contribution < -0.4 is 0 Å². The number of ketones is 1. The van der Waals surface area contributed by atoms with Gasteiger partial charge in [0.2, 0.25) is 0 Å². The van der Waals surface area contributed by atoms with Crippen LogP contribution in [0.3, 0.4) is 0 Å². The van der Waals surface area contributed by atoms with Crippen molar-refractivity contribution in [1.29, 1.82) is 0 Å². The van der Waals surface area contributed by atoms with Gasteiger partial charge in [-0.3, -0.25) is 9.59 Å². The summed E-state index contributed by atoms with van der Waals surface area (Å²) in [5.74, 6) is -0.674. The summed E-state index contributed by atoms with van der Waals surface area (Å²) in [7, 11) is 0. The molecule has 0 spiro atoms. The molecule has 1 fully saturated rings. The number of aliphatic carboxylic acids is 1. The average molecular weight is 325 g/mol. The fourth-order valence-corrected chi connectivity index (χ4v) is 3.14. The Morgan fingerprint density at radius 2 is 2.11 bits per heavy atom. The molecule has 0 bridgehead atoms. The molecule has 2 atom stereocenters. The Balaban J connectivity index is 1.97. The quantitative estimate of drug-likeness (QED) is 0.854. The average Bonchev–Trinajstić information content (AvgIpc) is 2.39. The van der Waals surface area contributed by atoms with E-state index in [1.807, 2.05) is 24.3 Å². The van der Waals surface area contributed by atoms with Gasteiger partial charge in [0.05, 0.1) is 5.92 Å². The molecule has 102 valence electrons. The summed E-state index contributed by atoms with van der Waals surface area (Å²) in [6.45, 7) is 0. The van der Waals surface area contributed by atoms with Crippen LogP contribution in [0.2, 0.25) is 0 Å². The first-order valence-electron chi connectivity index (χ1n) is 6.58. The molecule has 1 aromatic carbocycles. The molecule has 0 saturated heterocycles. The van der Waals surface area contributed by atoms with Crippen molar-refractivity contribution in [2.75, 3.05) is 0 Å². The second kappa shape index (κ2) is 6.33. The van der Waals surface area contributed by atoms with Gasteiger partial charge in [-0.1, -0.05) is 34.5 Å². The molecule has 19 heavy (non-hydrogen) atoms. The predicted molar refractivity (Wildman–Crippen MR) is 76.2 cm³/mol. The number of benzene rings is 1. The lowest BCUT2D eigenvalue weighted by Gasteiger charge is -2.26. The van der Waals surface area contributed by atoms with Gasteiger partial charge in [0.15, 0.2) is 5.78 Å². The number of carbonyl (C=O) groups is 2. The van der Waals surface area contributed by atoms with Crippen molar-refractivity contribution < 1.29 is 14.7 Å². The monoisotopic (exact) mass is 324 g/mol. The van der Waals surface area contributed by atoms with Crippen LogP contribution in [0.5, 0.6) is 0 Å². The molecule has 0 unspecified atom stereocenters. The van der Waals surface area contributed by atoms with E-state index in [1.54, 1.807) is 0 Å². The number of carboxylic acid groups (broad SMARTS) is 1. The molecule has 1 saturated carbocycles. The fourth-order valence-electron chi connectivity index (χ4n) is 2.74. The van der Waals surface area contributed by atoms with E-state index in [0.717, 1.165) is 23.7 Å². The van der Waals surface area contributed by atoms with Crippen LogP contribution in [0.25, 0.3) is 0 Å². The molecule has 4 heteroatoms. The number of hydrogen-bond donors (Lipinski definition) is 1. The van der Waals surface area contributed by atoms with E-state index < -0.39 is 5.97 Å². The predicted octanol–water partition coefficient (Wildman–Crippen LogP) is 3.91. The highest BCUT2D eigenvalue weighted by Gasteiger charge is 2.28. The van der Waals surface area contributed by atoms with Crippen molar-refractivity contribution in [2.24, 2.45) is 11.8 Å². The minimum absolute atomic E-state index is 0.109. The lowest BCUT2D eigenvalue weighted by atomic mass is 9.78. The van der Waals surface area contributed by atoms with Crippen molar-refractivity contribution in [3.63, 3.8) is 0 Å². The largest absolute Gasteiger partial charge is 0.481 e. The molecule has 3 nitrogen and oxygen atoms in total. The summed E-state index contributed by atoms with van der Waals surface area (Å²) in [6.07, 6.45) is 3.71. The number of rotatable bonds is 4. The van der Waals surface area contributed by atoms with Gasteiger partial charge in [0.1, 0.15) is 0 Å². The number of carboxylic acids is 1. The Labute approximate surface area is 121 Å². The minimum atomic E-state index is -0.723. The van der Waals surface area contributed by atoms with Gasteiger partial charge >= 0.3 is 5.97 Å². The summed E-state index contributed by atoms with van der Waals surface area (Å²) in [6, 6.07) is 7.36. The third-order valence-corrected chi connectivity index (χ3v) is 4.25. The smallest absolute Gasteiger partial charge is 0.306 e. The molecule has 0 amide bonds. The maximum atomic E-state index is 12.2. The van der Waals surface area contributed by atoms with Crippen LogP contribution in [0.4, 0.5) is 0 Å². The van der Waals surface area contributed by atoms with Gasteiger partial charge in [-0.2, -0.15) is 0 Å². The summed E-state index contributed by atoms with van der Waals surface area (Å²) in [5.41, 5.74) is 0.701. The van der Waals surface area contributed by atoms with Gasteiger partial charge in [-0.05, 0) is 37.3 Å². The second-order valence-electron chi connectivity index (χ2n) is 5.21. The molecule has 1 aliphatic carbocycles. The Morgan fingerprint density at radius 1 is 1.32 bits per heavy atom. The molecule has 1 aliphatic rings. The number of carbonyl (C=O) groups excluding carboxylic acids is 1. The van der Waals surface area contributed by atoms with E-state index in [4.69, 9.17) is 5.11 Å². The van der Waals surface area contributed by atoms with Crippen LogP contribution in [-0.4, -0.2) is 16.9 Å². The van der Waals surface area contributed by atoms with Gasteiger partial charge in [0, 0.05) is 16.5 Å². The SMILES string of the molecule is O=C(C[C@@H]1CCC[C@H](C(=O)O)C1)c1cccc(Br)c1. The van der Waals surface area contributed by atoms with Crippen LogP contribution >= 0.6 is 15.9 Å². The molecular formula is C15H17BrO3. The Morgan fingerprint density at radius 3 is 2.79 bits per heavy atom. The van der Waals surface area contributed by atoms with E-state index in [0.29, 0.717) is 18.4 Å². The van der Waals surface area contributed by atoms with Crippen molar-refractivity contribution in [3.8, 4) is 0 Å². The molecule has 2 rings (SSSR count). The van der Waals surface area contributed by atoms with E-state index in [2.05, 4.69) is 15.9 Å².